The lowest BCUT2D eigenvalue weighted by Gasteiger charge is -2.15. The number of nitrogens with zero attached hydrogens (tertiary/aromatic N) is 1. The van der Waals surface area contributed by atoms with E-state index in [9.17, 15) is 5.11 Å². The molecule has 1 fully saturated rings. The molecule has 0 bridgehead atoms. The Labute approximate surface area is 82.6 Å². The van der Waals surface area contributed by atoms with Crippen LogP contribution in [-0.2, 0) is 0 Å². The number of aliphatic hydroxyl groups is 1. The molecule has 0 aromatic carbocycles. The zero-order valence-corrected chi connectivity index (χ0v) is 8.63. The topological polar surface area (TPSA) is 33.1 Å². The first-order valence-corrected chi connectivity index (χ1v) is 5.78. The Balaban J connectivity index is 2.02. The molecule has 3 unspecified atom stereocenters. The van der Waals surface area contributed by atoms with E-state index in [1.54, 1.807) is 16.8 Å². The molecule has 1 aliphatic carbocycles. The molecule has 2 rings (SSSR count). The predicted octanol–water partition coefficient (Wildman–Crippen LogP) is 2.61. The minimum atomic E-state index is -0.323. The molecule has 3 atom stereocenters. The Morgan fingerprint density at radius 2 is 2.46 bits per heavy atom. The van der Waals surface area contributed by atoms with Crippen LogP contribution >= 0.6 is 11.3 Å². The fraction of sp³-hybridized carbons (Fsp3) is 0.700. The second kappa shape index (κ2) is 3.76. The van der Waals surface area contributed by atoms with Crippen LogP contribution in [0, 0.1) is 11.8 Å². The fourth-order valence-corrected chi connectivity index (χ4v) is 2.73. The number of aromatic nitrogens is 1. The first-order chi connectivity index (χ1) is 6.27. The van der Waals surface area contributed by atoms with E-state index in [1.165, 1.54) is 6.42 Å². The molecule has 1 aromatic rings. The molecule has 3 heteroatoms. The second-order valence-corrected chi connectivity index (χ2v) is 4.76. The number of rotatable bonds is 2. The zero-order valence-electron chi connectivity index (χ0n) is 7.81. The van der Waals surface area contributed by atoms with Crippen LogP contribution in [-0.4, -0.2) is 10.1 Å². The van der Waals surface area contributed by atoms with E-state index in [2.05, 4.69) is 11.9 Å². The van der Waals surface area contributed by atoms with Gasteiger partial charge in [0.2, 0.25) is 0 Å². The SMILES string of the molecule is CC1CCC(C(O)c2cscn2)C1. The maximum Gasteiger partial charge on any atom is 0.0996 e. The number of aliphatic hydroxyl groups excluding tert-OH is 1. The summed E-state index contributed by atoms with van der Waals surface area (Å²) in [6.07, 6.45) is 3.24. The van der Waals surface area contributed by atoms with Crippen molar-refractivity contribution in [1.82, 2.24) is 4.98 Å². The van der Waals surface area contributed by atoms with Crippen molar-refractivity contribution >= 4 is 11.3 Å². The summed E-state index contributed by atoms with van der Waals surface area (Å²) < 4.78 is 0. The maximum atomic E-state index is 9.97. The van der Waals surface area contributed by atoms with Gasteiger partial charge in [-0.1, -0.05) is 13.3 Å². The highest BCUT2D eigenvalue weighted by Crippen LogP contribution is 2.38. The van der Waals surface area contributed by atoms with Gasteiger partial charge in [-0.3, -0.25) is 0 Å². The smallest absolute Gasteiger partial charge is 0.0996 e. The van der Waals surface area contributed by atoms with E-state index in [0.717, 1.165) is 24.5 Å². The molecule has 0 aliphatic heterocycles. The molecule has 0 amide bonds. The summed E-state index contributed by atoms with van der Waals surface area (Å²) >= 11 is 1.56. The van der Waals surface area contributed by atoms with E-state index >= 15 is 0 Å². The van der Waals surface area contributed by atoms with Crippen molar-refractivity contribution in [3.8, 4) is 0 Å². The average molecular weight is 197 g/mol. The zero-order chi connectivity index (χ0) is 9.26. The first-order valence-electron chi connectivity index (χ1n) is 4.83. The normalized spacial score (nSPS) is 30.6. The van der Waals surface area contributed by atoms with Gasteiger partial charge >= 0.3 is 0 Å². The molecule has 0 spiro atoms. The van der Waals surface area contributed by atoms with Gasteiger partial charge in [-0.25, -0.2) is 4.98 Å². The Kier molecular flexibility index (Phi) is 2.65. The van der Waals surface area contributed by atoms with Crippen LogP contribution in [0.5, 0.6) is 0 Å². The molecular weight excluding hydrogens is 182 g/mol. The van der Waals surface area contributed by atoms with E-state index in [4.69, 9.17) is 0 Å². The predicted molar refractivity (Wildman–Crippen MR) is 53.6 cm³/mol. The van der Waals surface area contributed by atoms with Crippen molar-refractivity contribution in [1.29, 1.82) is 0 Å². The molecule has 1 heterocycles. The Morgan fingerprint density at radius 3 is 3.00 bits per heavy atom. The molecule has 72 valence electrons. The highest BCUT2D eigenvalue weighted by Gasteiger charge is 2.29. The van der Waals surface area contributed by atoms with Crippen molar-refractivity contribution < 1.29 is 5.11 Å². The van der Waals surface area contributed by atoms with Gasteiger partial charge in [0.05, 0.1) is 17.3 Å². The van der Waals surface area contributed by atoms with Crippen LogP contribution in [0.2, 0.25) is 0 Å². The minimum absolute atomic E-state index is 0.323. The van der Waals surface area contributed by atoms with Crippen molar-refractivity contribution in [3.63, 3.8) is 0 Å². The van der Waals surface area contributed by atoms with Crippen LogP contribution in [0.4, 0.5) is 0 Å². The van der Waals surface area contributed by atoms with E-state index < -0.39 is 0 Å². The van der Waals surface area contributed by atoms with Crippen LogP contribution in [0.25, 0.3) is 0 Å². The lowest BCUT2D eigenvalue weighted by atomic mass is 9.98. The molecule has 1 saturated carbocycles. The van der Waals surface area contributed by atoms with Gasteiger partial charge in [0.1, 0.15) is 0 Å². The number of hydrogen-bond donors (Lipinski definition) is 1. The Hall–Kier alpha value is -0.410. The van der Waals surface area contributed by atoms with Gasteiger partial charge in [0.15, 0.2) is 0 Å². The highest BCUT2D eigenvalue weighted by molar-refractivity contribution is 7.07. The number of thiazole rings is 1. The summed E-state index contributed by atoms with van der Waals surface area (Å²) in [5.41, 5.74) is 2.65. The van der Waals surface area contributed by atoms with Gasteiger partial charge in [0.25, 0.3) is 0 Å². The van der Waals surface area contributed by atoms with Crippen LogP contribution in [0.3, 0.4) is 0 Å². The van der Waals surface area contributed by atoms with E-state index in [1.807, 2.05) is 5.38 Å². The summed E-state index contributed by atoms with van der Waals surface area (Å²) in [5.74, 6) is 1.22. The minimum Gasteiger partial charge on any atom is -0.386 e. The second-order valence-electron chi connectivity index (χ2n) is 4.04. The van der Waals surface area contributed by atoms with Gasteiger partial charge in [-0.05, 0) is 24.7 Å². The first kappa shape index (κ1) is 9.16. The standard InChI is InChI=1S/C10H15NOS/c1-7-2-3-8(4-7)10(12)9-5-13-6-11-9/h5-8,10,12H,2-4H2,1H3. The third-order valence-corrected chi connectivity index (χ3v) is 3.54. The molecule has 0 saturated heterocycles. The summed E-state index contributed by atoms with van der Waals surface area (Å²) in [6, 6.07) is 0. The average Bonchev–Trinajstić information content (AvgIpc) is 2.72. The van der Waals surface area contributed by atoms with Crippen LogP contribution in [0.1, 0.15) is 38.0 Å². The van der Waals surface area contributed by atoms with Gasteiger partial charge < -0.3 is 5.11 Å². The fourth-order valence-electron chi connectivity index (χ4n) is 2.15. The van der Waals surface area contributed by atoms with Crippen molar-refractivity contribution in [3.05, 3.63) is 16.6 Å². The van der Waals surface area contributed by atoms with Crippen molar-refractivity contribution in [2.45, 2.75) is 32.3 Å². The summed E-state index contributed by atoms with van der Waals surface area (Å²) in [5, 5.41) is 11.9. The molecule has 1 aliphatic rings. The molecule has 13 heavy (non-hydrogen) atoms. The molecule has 0 radical (unpaired) electrons. The van der Waals surface area contributed by atoms with Gasteiger partial charge in [-0.15, -0.1) is 11.3 Å². The molecule has 1 aromatic heterocycles. The van der Waals surface area contributed by atoms with Crippen LogP contribution in [0.15, 0.2) is 10.9 Å². The third kappa shape index (κ3) is 1.92. The van der Waals surface area contributed by atoms with Crippen molar-refractivity contribution in [2.75, 3.05) is 0 Å². The lowest BCUT2D eigenvalue weighted by Crippen LogP contribution is -2.09. The highest BCUT2D eigenvalue weighted by atomic mass is 32.1. The van der Waals surface area contributed by atoms with Gasteiger partial charge in [0, 0.05) is 5.38 Å². The van der Waals surface area contributed by atoms with Gasteiger partial charge in [-0.2, -0.15) is 0 Å². The summed E-state index contributed by atoms with van der Waals surface area (Å²) in [4.78, 5) is 4.15. The largest absolute Gasteiger partial charge is 0.386 e. The lowest BCUT2D eigenvalue weighted by molar-refractivity contribution is 0.106. The monoisotopic (exact) mass is 197 g/mol. The molecular formula is C10H15NOS. The van der Waals surface area contributed by atoms with E-state index in [0.29, 0.717) is 5.92 Å². The maximum absolute atomic E-state index is 9.97. The quantitative estimate of drug-likeness (QED) is 0.790. The Morgan fingerprint density at radius 1 is 1.62 bits per heavy atom. The Bertz CT molecular complexity index is 260. The molecule has 1 N–H and O–H groups in total. The van der Waals surface area contributed by atoms with E-state index in [-0.39, 0.29) is 6.10 Å². The number of hydrogen-bond acceptors (Lipinski definition) is 3. The third-order valence-electron chi connectivity index (χ3n) is 2.94. The summed E-state index contributed by atoms with van der Waals surface area (Å²) in [6.45, 7) is 2.26. The van der Waals surface area contributed by atoms with Crippen molar-refractivity contribution in [2.24, 2.45) is 11.8 Å². The summed E-state index contributed by atoms with van der Waals surface area (Å²) in [7, 11) is 0. The van der Waals surface area contributed by atoms with Crippen LogP contribution < -0.4 is 0 Å². The molecule has 2 nitrogen and oxygen atoms in total.